The fourth-order valence-electron chi connectivity index (χ4n) is 2.72. The number of rotatable bonds is 5. The Morgan fingerprint density at radius 1 is 1.40 bits per heavy atom. The number of amides is 1. The Morgan fingerprint density at radius 2 is 2.15 bits per heavy atom. The second-order valence-electron chi connectivity index (χ2n) is 5.21. The van der Waals surface area contributed by atoms with Gasteiger partial charge >= 0.3 is 0 Å². The minimum atomic E-state index is 0.0250. The van der Waals surface area contributed by atoms with Gasteiger partial charge in [0.1, 0.15) is 5.75 Å². The highest BCUT2D eigenvalue weighted by Crippen LogP contribution is 2.30. The molecule has 1 unspecified atom stereocenters. The van der Waals surface area contributed by atoms with Gasteiger partial charge in [-0.15, -0.1) is 0 Å². The molecule has 0 aliphatic heterocycles. The number of carbonyl (C=O) groups is 1. The van der Waals surface area contributed by atoms with E-state index in [1.807, 2.05) is 26.0 Å². The molecular weight excluding hydrogens is 252 g/mol. The lowest BCUT2D eigenvalue weighted by atomic mass is 9.88. The van der Waals surface area contributed by atoms with E-state index in [9.17, 15) is 4.79 Å². The Hall–Kier alpha value is -1.55. The summed E-state index contributed by atoms with van der Waals surface area (Å²) in [5.74, 6) is 0.763. The van der Waals surface area contributed by atoms with Crippen molar-refractivity contribution in [1.29, 1.82) is 0 Å². The number of benzene rings is 1. The van der Waals surface area contributed by atoms with Crippen LogP contribution in [0.3, 0.4) is 0 Å². The number of hydrogen-bond acceptors (Lipinski definition) is 3. The van der Waals surface area contributed by atoms with Crippen molar-refractivity contribution in [2.75, 3.05) is 19.7 Å². The Kier molecular flexibility index (Phi) is 5.01. The smallest absolute Gasteiger partial charge is 0.260 e. The number of nitrogens with two attached hydrogens (primary N) is 1. The average molecular weight is 276 g/mol. The van der Waals surface area contributed by atoms with Gasteiger partial charge in [0.2, 0.25) is 0 Å². The molecule has 2 N–H and O–H groups in total. The number of ether oxygens (including phenoxy) is 1. The van der Waals surface area contributed by atoms with E-state index in [-0.39, 0.29) is 18.6 Å². The summed E-state index contributed by atoms with van der Waals surface area (Å²) in [5.41, 5.74) is 8.61. The number of likely N-dealkylation sites (N-methyl/N-ethyl adjacent to an activating group) is 1. The van der Waals surface area contributed by atoms with Gasteiger partial charge < -0.3 is 15.4 Å². The molecule has 0 saturated heterocycles. The lowest BCUT2D eigenvalue weighted by Gasteiger charge is -2.23. The summed E-state index contributed by atoms with van der Waals surface area (Å²) < 4.78 is 5.62. The molecule has 0 spiro atoms. The van der Waals surface area contributed by atoms with Crippen molar-refractivity contribution in [3.05, 3.63) is 29.3 Å². The van der Waals surface area contributed by atoms with E-state index in [0.717, 1.165) is 25.0 Å². The van der Waals surface area contributed by atoms with E-state index in [1.54, 1.807) is 4.90 Å². The standard InChI is InChI=1S/C16H24N2O2/c1-3-18(4-2)16(19)11-20-13-9-8-12-6-5-7-15(17)14(12)10-13/h8-10,15H,3-7,11,17H2,1-2H3. The second kappa shape index (κ2) is 6.75. The zero-order valence-corrected chi connectivity index (χ0v) is 12.4. The summed E-state index contributed by atoms with van der Waals surface area (Å²) in [6.07, 6.45) is 3.26. The van der Waals surface area contributed by atoms with Crippen LogP contribution in [0.4, 0.5) is 0 Å². The quantitative estimate of drug-likeness (QED) is 0.897. The van der Waals surface area contributed by atoms with Crippen LogP contribution in [-0.2, 0) is 11.2 Å². The van der Waals surface area contributed by atoms with Crippen LogP contribution in [0, 0.1) is 0 Å². The van der Waals surface area contributed by atoms with Crippen molar-refractivity contribution >= 4 is 5.91 Å². The van der Waals surface area contributed by atoms with Gasteiger partial charge in [-0.05, 0) is 56.4 Å². The van der Waals surface area contributed by atoms with Crippen LogP contribution in [0.15, 0.2) is 18.2 Å². The maximum absolute atomic E-state index is 11.9. The third-order valence-electron chi connectivity index (χ3n) is 3.96. The summed E-state index contributed by atoms with van der Waals surface area (Å²) in [4.78, 5) is 13.7. The Balaban J connectivity index is 2.00. The van der Waals surface area contributed by atoms with Crippen LogP contribution in [0.25, 0.3) is 0 Å². The largest absolute Gasteiger partial charge is 0.484 e. The third-order valence-corrected chi connectivity index (χ3v) is 3.96. The van der Waals surface area contributed by atoms with Gasteiger partial charge in [0.15, 0.2) is 6.61 Å². The predicted octanol–water partition coefficient (Wildman–Crippen LogP) is 2.27. The van der Waals surface area contributed by atoms with Crippen LogP contribution in [0.1, 0.15) is 43.9 Å². The molecule has 0 fully saturated rings. The fourth-order valence-corrected chi connectivity index (χ4v) is 2.72. The van der Waals surface area contributed by atoms with Crippen molar-refractivity contribution < 1.29 is 9.53 Å². The summed E-state index contributed by atoms with van der Waals surface area (Å²) in [6.45, 7) is 5.47. The first-order valence-electron chi connectivity index (χ1n) is 7.44. The first-order chi connectivity index (χ1) is 9.65. The van der Waals surface area contributed by atoms with Gasteiger partial charge in [-0.3, -0.25) is 4.79 Å². The molecule has 0 bridgehead atoms. The van der Waals surface area contributed by atoms with Crippen LogP contribution >= 0.6 is 0 Å². The van der Waals surface area contributed by atoms with Gasteiger partial charge in [0, 0.05) is 19.1 Å². The van der Waals surface area contributed by atoms with Gasteiger partial charge in [-0.1, -0.05) is 6.07 Å². The molecule has 4 nitrogen and oxygen atoms in total. The van der Waals surface area contributed by atoms with E-state index in [2.05, 4.69) is 6.07 Å². The third kappa shape index (κ3) is 3.31. The van der Waals surface area contributed by atoms with Crippen molar-refractivity contribution in [3.8, 4) is 5.75 Å². The predicted molar refractivity (Wildman–Crippen MR) is 79.7 cm³/mol. The number of nitrogens with zero attached hydrogens (tertiary/aromatic N) is 1. The molecule has 0 saturated carbocycles. The molecule has 0 aromatic heterocycles. The van der Waals surface area contributed by atoms with Crippen molar-refractivity contribution in [2.24, 2.45) is 5.73 Å². The number of aryl methyl sites for hydroxylation is 1. The van der Waals surface area contributed by atoms with Crippen molar-refractivity contribution in [1.82, 2.24) is 4.90 Å². The molecule has 1 atom stereocenters. The minimum Gasteiger partial charge on any atom is -0.484 e. The minimum absolute atomic E-state index is 0.0250. The molecule has 0 radical (unpaired) electrons. The molecule has 4 heteroatoms. The molecule has 1 aromatic rings. The topological polar surface area (TPSA) is 55.6 Å². The number of carbonyl (C=O) groups excluding carboxylic acids is 1. The summed E-state index contributed by atoms with van der Waals surface area (Å²) >= 11 is 0. The monoisotopic (exact) mass is 276 g/mol. The Labute approximate surface area is 120 Å². The molecular formula is C16H24N2O2. The van der Waals surface area contributed by atoms with E-state index >= 15 is 0 Å². The summed E-state index contributed by atoms with van der Waals surface area (Å²) in [5, 5.41) is 0. The van der Waals surface area contributed by atoms with Gasteiger partial charge in [0.05, 0.1) is 0 Å². The van der Waals surface area contributed by atoms with E-state index in [4.69, 9.17) is 10.5 Å². The first kappa shape index (κ1) is 14.9. The van der Waals surface area contributed by atoms with Gasteiger partial charge in [-0.25, -0.2) is 0 Å². The molecule has 110 valence electrons. The average Bonchev–Trinajstić information content (AvgIpc) is 2.47. The normalized spacial score (nSPS) is 17.4. The van der Waals surface area contributed by atoms with E-state index in [0.29, 0.717) is 13.1 Å². The fraction of sp³-hybridized carbons (Fsp3) is 0.562. The van der Waals surface area contributed by atoms with Crippen LogP contribution in [0.5, 0.6) is 5.75 Å². The Bertz CT molecular complexity index is 470. The number of hydrogen-bond donors (Lipinski definition) is 1. The first-order valence-corrected chi connectivity index (χ1v) is 7.44. The zero-order chi connectivity index (χ0) is 14.5. The number of fused-ring (bicyclic) bond motifs is 1. The van der Waals surface area contributed by atoms with Crippen molar-refractivity contribution in [3.63, 3.8) is 0 Å². The van der Waals surface area contributed by atoms with Gasteiger partial charge in [0.25, 0.3) is 5.91 Å². The van der Waals surface area contributed by atoms with Crippen LogP contribution in [-0.4, -0.2) is 30.5 Å². The highest BCUT2D eigenvalue weighted by molar-refractivity contribution is 5.77. The van der Waals surface area contributed by atoms with Crippen LogP contribution < -0.4 is 10.5 Å². The maximum Gasteiger partial charge on any atom is 0.260 e. The zero-order valence-electron chi connectivity index (χ0n) is 12.4. The summed E-state index contributed by atoms with van der Waals surface area (Å²) in [7, 11) is 0. The van der Waals surface area contributed by atoms with E-state index in [1.165, 1.54) is 11.1 Å². The molecule has 20 heavy (non-hydrogen) atoms. The Morgan fingerprint density at radius 3 is 2.85 bits per heavy atom. The molecule has 0 heterocycles. The molecule has 1 aliphatic carbocycles. The SMILES string of the molecule is CCN(CC)C(=O)COc1ccc2c(c1)C(N)CCC2. The molecule has 1 amide bonds. The lowest BCUT2D eigenvalue weighted by molar-refractivity contribution is -0.132. The maximum atomic E-state index is 11.9. The highest BCUT2D eigenvalue weighted by Gasteiger charge is 2.17. The molecule has 1 aliphatic rings. The van der Waals surface area contributed by atoms with Crippen LogP contribution in [0.2, 0.25) is 0 Å². The highest BCUT2D eigenvalue weighted by atomic mass is 16.5. The van der Waals surface area contributed by atoms with Gasteiger partial charge in [-0.2, -0.15) is 0 Å². The molecule has 2 rings (SSSR count). The lowest BCUT2D eigenvalue weighted by Crippen LogP contribution is -2.34. The van der Waals surface area contributed by atoms with Crippen molar-refractivity contribution in [2.45, 2.75) is 39.2 Å². The van der Waals surface area contributed by atoms with E-state index < -0.39 is 0 Å². The second-order valence-corrected chi connectivity index (χ2v) is 5.21. The summed E-state index contributed by atoms with van der Waals surface area (Å²) in [6, 6.07) is 6.10. The molecule has 1 aromatic carbocycles.